The molecule has 1 saturated heterocycles. The maximum absolute atomic E-state index is 12.4. The number of nitrogens with zero attached hydrogens (tertiary/aromatic N) is 1. The molecule has 2 atom stereocenters. The van der Waals surface area contributed by atoms with E-state index in [-0.39, 0.29) is 17.9 Å². The number of amides is 1. The summed E-state index contributed by atoms with van der Waals surface area (Å²) in [5.74, 6) is 0.126. The van der Waals surface area contributed by atoms with Crippen molar-refractivity contribution in [2.75, 3.05) is 26.2 Å². The van der Waals surface area contributed by atoms with Crippen LogP contribution in [0.1, 0.15) is 47.0 Å². The van der Waals surface area contributed by atoms with Crippen molar-refractivity contribution in [1.82, 2.24) is 10.2 Å². The Morgan fingerprint density at radius 3 is 2.62 bits per heavy atom. The molecule has 5 heteroatoms. The molecule has 0 saturated carbocycles. The molecule has 1 heterocycles. The van der Waals surface area contributed by atoms with Crippen LogP contribution >= 0.6 is 0 Å². The van der Waals surface area contributed by atoms with Gasteiger partial charge in [-0.1, -0.05) is 27.7 Å². The Labute approximate surface area is 128 Å². The summed E-state index contributed by atoms with van der Waals surface area (Å²) in [5.41, 5.74) is 0.147. The molecular formula is C16H30N2O3. The lowest BCUT2D eigenvalue weighted by Gasteiger charge is -2.35. The Morgan fingerprint density at radius 1 is 1.38 bits per heavy atom. The second-order valence-electron chi connectivity index (χ2n) is 7.34. The molecule has 1 aliphatic heterocycles. The Hall–Kier alpha value is -1.10. The highest BCUT2D eigenvalue weighted by atomic mass is 16.4. The number of rotatable bonds is 6. The van der Waals surface area contributed by atoms with Gasteiger partial charge in [-0.25, -0.2) is 0 Å². The van der Waals surface area contributed by atoms with E-state index in [9.17, 15) is 9.59 Å². The van der Waals surface area contributed by atoms with Gasteiger partial charge < -0.3 is 15.3 Å². The number of hydrogen-bond donors (Lipinski definition) is 2. The third kappa shape index (κ3) is 6.46. The lowest BCUT2D eigenvalue weighted by Crippen LogP contribution is -2.44. The summed E-state index contributed by atoms with van der Waals surface area (Å²) in [5, 5.41) is 11.6. The number of aliphatic carboxylic acids is 1. The summed E-state index contributed by atoms with van der Waals surface area (Å²) in [4.78, 5) is 24.9. The molecule has 1 rings (SSSR count). The highest BCUT2D eigenvalue weighted by Gasteiger charge is 2.28. The van der Waals surface area contributed by atoms with Gasteiger partial charge in [0.1, 0.15) is 0 Å². The van der Waals surface area contributed by atoms with Gasteiger partial charge >= 0.3 is 5.97 Å². The molecule has 1 amide bonds. The van der Waals surface area contributed by atoms with E-state index in [0.717, 1.165) is 25.9 Å². The molecule has 0 radical (unpaired) electrons. The average molecular weight is 298 g/mol. The minimum atomic E-state index is -0.835. The lowest BCUT2D eigenvalue weighted by atomic mass is 9.80. The lowest BCUT2D eigenvalue weighted by molar-refractivity contribution is -0.137. The van der Waals surface area contributed by atoms with Crippen LogP contribution in [0.15, 0.2) is 0 Å². The number of nitrogens with one attached hydrogen (secondary N) is 1. The predicted molar refractivity (Wildman–Crippen MR) is 83.0 cm³/mol. The van der Waals surface area contributed by atoms with E-state index in [2.05, 4.69) is 33.0 Å². The molecule has 1 fully saturated rings. The van der Waals surface area contributed by atoms with Crippen LogP contribution in [0.2, 0.25) is 0 Å². The first-order valence-corrected chi connectivity index (χ1v) is 7.90. The van der Waals surface area contributed by atoms with Crippen molar-refractivity contribution in [2.24, 2.45) is 17.3 Å². The van der Waals surface area contributed by atoms with E-state index in [1.165, 1.54) is 0 Å². The first-order valence-electron chi connectivity index (χ1n) is 7.90. The minimum absolute atomic E-state index is 0.00843. The zero-order chi connectivity index (χ0) is 16.0. The second kappa shape index (κ2) is 7.78. The highest BCUT2D eigenvalue weighted by molar-refractivity contribution is 5.76. The fraction of sp³-hybridized carbons (Fsp3) is 0.875. The maximum atomic E-state index is 12.4. The molecule has 0 aliphatic carbocycles. The van der Waals surface area contributed by atoms with Gasteiger partial charge in [0.05, 0.1) is 6.54 Å². The van der Waals surface area contributed by atoms with Crippen molar-refractivity contribution >= 4 is 11.9 Å². The summed E-state index contributed by atoms with van der Waals surface area (Å²) >= 11 is 0. The maximum Gasteiger partial charge on any atom is 0.317 e. The largest absolute Gasteiger partial charge is 0.480 e. The molecule has 122 valence electrons. The van der Waals surface area contributed by atoms with Gasteiger partial charge in [-0.05, 0) is 30.1 Å². The van der Waals surface area contributed by atoms with Gasteiger partial charge in [-0.2, -0.15) is 0 Å². The van der Waals surface area contributed by atoms with Crippen molar-refractivity contribution < 1.29 is 14.7 Å². The van der Waals surface area contributed by atoms with Crippen molar-refractivity contribution in [1.29, 1.82) is 0 Å². The molecule has 21 heavy (non-hydrogen) atoms. The van der Waals surface area contributed by atoms with E-state index in [0.29, 0.717) is 24.8 Å². The third-order valence-corrected chi connectivity index (χ3v) is 4.54. The highest BCUT2D eigenvalue weighted by Crippen LogP contribution is 2.29. The van der Waals surface area contributed by atoms with Crippen LogP contribution in [0.25, 0.3) is 0 Å². The first kappa shape index (κ1) is 18.0. The molecule has 1 aliphatic rings. The Kier molecular flexibility index (Phi) is 6.65. The van der Waals surface area contributed by atoms with Crippen LogP contribution in [0.3, 0.4) is 0 Å². The summed E-state index contributed by atoms with van der Waals surface area (Å²) in [7, 11) is 0. The van der Waals surface area contributed by atoms with Crippen molar-refractivity contribution in [3.05, 3.63) is 0 Å². The number of carboxylic acid groups (broad SMARTS) is 1. The van der Waals surface area contributed by atoms with Gasteiger partial charge in [0, 0.05) is 26.1 Å². The molecule has 0 aromatic rings. The zero-order valence-corrected chi connectivity index (χ0v) is 13.8. The van der Waals surface area contributed by atoms with Crippen LogP contribution < -0.4 is 5.32 Å². The number of hydrogen-bond acceptors (Lipinski definition) is 3. The van der Waals surface area contributed by atoms with Gasteiger partial charge in [0.25, 0.3) is 0 Å². The second-order valence-corrected chi connectivity index (χ2v) is 7.34. The summed E-state index contributed by atoms with van der Waals surface area (Å²) in [6, 6.07) is 0. The SMILES string of the molecule is CC(CC(=O)N1CCCC(CNCC(=O)O)C1)C(C)(C)C. The predicted octanol–water partition coefficient (Wildman–Crippen LogP) is 1.97. The molecule has 0 aromatic carbocycles. The summed E-state index contributed by atoms with van der Waals surface area (Å²) in [6.45, 7) is 10.9. The first-order chi connectivity index (χ1) is 9.70. The standard InChI is InChI=1S/C16H30N2O3/c1-12(16(2,3)4)8-14(19)18-7-5-6-13(11-18)9-17-10-15(20)21/h12-13,17H,5-11H2,1-4H3,(H,20,21). The van der Waals surface area contributed by atoms with E-state index in [1.54, 1.807) is 0 Å². The Balaban J connectivity index is 2.41. The van der Waals surface area contributed by atoms with Crippen molar-refractivity contribution in [2.45, 2.75) is 47.0 Å². The number of likely N-dealkylation sites (tertiary alicyclic amines) is 1. The summed E-state index contributed by atoms with van der Waals surface area (Å²) in [6.07, 6.45) is 2.67. The van der Waals surface area contributed by atoms with Crippen LogP contribution in [-0.2, 0) is 9.59 Å². The molecule has 0 aromatic heterocycles. The molecule has 2 unspecified atom stereocenters. The molecule has 2 N–H and O–H groups in total. The number of piperidine rings is 1. The van der Waals surface area contributed by atoms with Crippen LogP contribution in [-0.4, -0.2) is 48.1 Å². The third-order valence-electron chi connectivity index (χ3n) is 4.54. The Bertz CT molecular complexity index is 363. The van der Waals surface area contributed by atoms with Crippen LogP contribution in [0.5, 0.6) is 0 Å². The van der Waals surface area contributed by atoms with E-state index in [1.807, 2.05) is 4.90 Å². The van der Waals surface area contributed by atoms with Crippen LogP contribution in [0, 0.1) is 17.3 Å². The quantitative estimate of drug-likeness (QED) is 0.786. The van der Waals surface area contributed by atoms with E-state index in [4.69, 9.17) is 5.11 Å². The van der Waals surface area contributed by atoms with Gasteiger partial charge in [0.15, 0.2) is 0 Å². The van der Waals surface area contributed by atoms with Crippen LogP contribution in [0.4, 0.5) is 0 Å². The minimum Gasteiger partial charge on any atom is -0.480 e. The molecule has 0 bridgehead atoms. The zero-order valence-electron chi connectivity index (χ0n) is 13.8. The monoisotopic (exact) mass is 298 g/mol. The van der Waals surface area contributed by atoms with Gasteiger partial charge in [-0.15, -0.1) is 0 Å². The molecule has 0 spiro atoms. The normalized spacial score (nSPS) is 21.1. The Morgan fingerprint density at radius 2 is 2.05 bits per heavy atom. The van der Waals surface area contributed by atoms with Gasteiger partial charge in [-0.3, -0.25) is 9.59 Å². The smallest absolute Gasteiger partial charge is 0.317 e. The number of carbonyl (C=O) groups is 2. The van der Waals surface area contributed by atoms with E-state index < -0.39 is 5.97 Å². The fourth-order valence-electron chi connectivity index (χ4n) is 2.54. The summed E-state index contributed by atoms with van der Waals surface area (Å²) < 4.78 is 0. The number of carboxylic acids is 1. The average Bonchev–Trinajstić information content (AvgIpc) is 2.37. The van der Waals surface area contributed by atoms with Gasteiger partial charge in [0.2, 0.25) is 5.91 Å². The molecule has 5 nitrogen and oxygen atoms in total. The topological polar surface area (TPSA) is 69.6 Å². The van der Waals surface area contributed by atoms with E-state index >= 15 is 0 Å². The van der Waals surface area contributed by atoms with Crippen molar-refractivity contribution in [3.8, 4) is 0 Å². The number of carbonyl (C=O) groups excluding carboxylic acids is 1. The van der Waals surface area contributed by atoms with Crippen molar-refractivity contribution in [3.63, 3.8) is 0 Å². The fourth-order valence-corrected chi connectivity index (χ4v) is 2.54. The molecular weight excluding hydrogens is 268 g/mol.